The van der Waals surface area contributed by atoms with Gasteiger partial charge >= 0.3 is 0 Å². The molecule has 2 aromatic carbocycles. The predicted octanol–water partition coefficient (Wildman–Crippen LogP) is 3.56. The van der Waals surface area contributed by atoms with Crippen molar-refractivity contribution in [1.29, 1.82) is 0 Å². The third-order valence-corrected chi connectivity index (χ3v) is 3.96. The summed E-state index contributed by atoms with van der Waals surface area (Å²) < 4.78 is 0. The number of benzene rings is 2. The van der Waals surface area contributed by atoms with Crippen LogP contribution in [0.15, 0.2) is 42.5 Å². The highest BCUT2D eigenvalue weighted by Gasteiger charge is 2.22. The van der Waals surface area contributed by atoms with Crippen LogP contribution in [0.25, 0.3) is 0 Å². The summed E-state index contributed by atoms with van der Waals surface area (Å²) in [7, 11) is 0. The summed E-state index contributed by atoms with van der Waals surface area (Å²) in [5.74, 6) is 0.0555. The molecule has 1 fully saturated rings. The molecule has 0 saturated carbocycles. The summed E-state index contributed by atoms with van der Waals surface area (Å²) in [5.41, 5.74) is 10.1. The van der Waals surface area contributed by atoms with Gasteiger partial charge in [-0.3, -0.25) is 4.79 Å². The quantitative estimate of drug-likeness (QED) is 0.851. The zero-order valence-electron chi connectivity index (χ0n) is 12.8. The van der Waals surface area contributed by atoms with Crippen molar-refractivity contribution < 1.29 is 4.79 Å². The zero-order chi connectivity index (χ0) is 15.5. The van der Waals surface area contributed by atoms with Crippen molar-refractivity contribution in [1.82, 2.24) is 4.90 Å². The van der Waals surface area contributed by atoms with Crippen LogP contribution in [-0.4, -0.2) is 23.9 Å². The third kappa shape index (κ3) is 3.06. The molecule has 1 aliphatic rings. The predicted molar refractivity (Wildman–Crippen MR) is 90.5 cm³/mol. The van der Waals surface area contributed by atoms with E-state index in [4.69, 9.17) is 5.73 Å². The van der Waals surface area contributed by atoms with Crippen molar-refractivity contribution in [3.8, 4) is 0 Å². The van der Waals surface area contributed by atoms with Crippen LogP contribution in [0.1, 0.15) is 28.8 Å². The second-order valence-corrected chi connectivity index (χ2v) is 5.80. The molecule has 0 radical (unpaired) electrons. The van der Waals surface area contributed by atoms with Gasteiger partial charge in [-0.05, 0) is 55.7 Å². The number of aryl methyl sites for hydroxylation is 1. The monoisotopic (exact) mass is 295 g/mol. The summed E-state index contributed by atoms with van der Waals surface area (Å²) >= 11 is 0. The lowest BCUT2D eigenvalue weighted by molar-refractivity contribution is 0.0794. The zero-order valence-corrected chi connectivity index (χ0v) is 12.8. The van der Waals surface area contributed by atoms with E-state index >= 15 is 0 Å². The normalized spacial score (nSPS) is 14.1. The van der Waals surface area contributed by atoms with E-state index in [0.29, 0.717) is 11.3 Å². The maximum absolute atomic E-state index is 12.7. The second-order valence-electron chi connectivity index (χ2n) is 5.80. The topological polar surface area (TPSA) is 58.4 Å². The van der Waals surface area contributed by atoms with Gasteiger partial charge < -0.3 is 16.0 Å². The second kappa shape index (κ2) is 6.10. The molecule has 1 heterocycles. The minimum absolute atomic E-state index is 0.0555. The SMILES string of the molecule is Cc1cccc(Nc2ccc(N)cc2C(=O)N2CCCC2)c1. The molecule has 0 aromatic heterocycles. The van der Waals surface area contributed by atoms with Crippen molar-refractivity contribution >= 4 is 23.0 Å². The van der Waals surface area contributed by atoms with Crippen LogP contribution in [0, 0.1) is 6.92 Å². The van der Waals surface area contributed by atoms with Gasteiger partial charge in [-0.2, -0.15) is 0 Å². The lowest BCUT2D eigenvalue weighted by Gasteiger charge is -2.19. The molecular formula is C18H21N3O. The molecule has 4 heteroatoms. The van der Waals surface area contributed by atoms with Crippen molar-refractivity contribution in [2.24, 2.45) is 0 Å². The maximum Gasteiger partial charge on any atom is 0.256 e. The number of hydrogen-bond donors (Lipinski definition) is 2. The smallest absolute Gasteiger partial charge is 0.256 e. The van der Waals surface area contributed by atoms with Gasteiger partial charge in [0.15, 0.2) is 0 Å². The minimum atomic E-state index is 0.0555. The molecule has 22 heavy (non-hydrogen) atoms. The van der Waals surface area contributed by atoms with E-state index in [9.17, 15) is 4.79 Å². The third-order valence-electron chi connectivity index (χ3n) is 3.96. The van der Waals surface area contributed by atoms with Crippen LogP contribution in [0.2, 0.25) is 0 Å². The van der Waals surface area contributed by atoms with Crippen molar-refractivity contribution in [3.63, 3.8) is 0 Å². The molecule has 1 saturated heterocycles. The van der Waals surface area contributed by atoms with Gasteiger partial charge in [-0.1, -0.05) is 12.1 Å². The molecule has 0 atom stereocenters. The highest BCUT2D eigenvalue weighted by atomic mass is 16.2. The van der Waals surface area contributed by atoms with E-state index in [-0.39, 0.29) is 5.91 Å². The molecule has 0 aliphatic carbocycles. The number of hydrogen-bond acceptors (Lipinski definition) is 3. The Morgan fingerprint density at radius 2 is 1.91 bits per heavy atom. The summed E-state index contributed by atoms with van der Waals surface area (Å²) in [4.78, 5) is 14.6. The largest absolute Gasteiger partial charge is 0.399 e. The van der Waals surface area contributed by atoms with Crippen molar-refractivity contribution in [2.45, 2.75) is 19.8 Å². The molecule has 0 spiro atoms. The van der Waals surface area contributed by atoms with Gasteiger partial charge in [0, 0.05) is 24.5 Å². The average molecular weight is 295 g/mol. The minimum Gasteiger partial charge on any atom is -0.399 e. The summed E-state index contributed by atoms with van der Waals surface area (Å²) in [6, 6.07) is 13.5. The van der Waals surface area contributed by atoms with E-state index in [1.54, 1.807) is 6.07 Å². The van der Waals surface area contributed by atoms with Crippen LogP contribution in [0.3, 0.4) is 0 Å². The number of nitrogens with two attached hydrogens (primary N) is 1. The molecule has 3 N–H and O–H groups in total. The Morgan fingerprint density at radius 3 is 2.64 bits per heavy atom. The van der Waals surface area contributed by atoms with E-state index in [1.165, 1.54) is 5.56 Å². The van der Waals surface area contributed by atoms with Crippen LogP contribution < -0.4 is 11.1 Å². The van der Waals surface area contributed by atoms with E-state index in [1.807, 2.05) is 42.2 Å². The number of nitrogens with one attached hydrogen (secondary N) is 1. The number of nitrogen functional groups attached to an aromatic ring is 1. The molecule has 4 nitrogen and oxygen atoms in total. The molecule has 2 aromatic rings. The summed E-state index contributed by atoms with van der Waals surface area (Å²) in [6.07, 6.45) is 2.16. The van der Waals surface area contributed by atoms with Crippen LogP contribution in [0.4, 0.5) is 17.1 Å². The maximum atomic E-state index is 12.7. The number of amides is 1. The van der Waals surface area contributed by atoms with Crippen LogP contribution in [-0.2, 0) is 0 Å². The Balaban J connectivity index is 1.92. The van der Waals surface area contributed by atoms with E-state index in [2.05, 4.69) is 11.4 Å². The van der Waals surface area contributed by atoms with Crippen LogP contribution in [0.5, 0.6) is 0 Å². The van der Waals surface area contributed by atoms with Gasteiger partial charge in [0.2, 0.25) is 0 Å². The van der Waals surface area contributed by atoms with E-state index in [0.717, 1.165) is 37.3 Å². The Bertz CT molecular complexity index is 690. The van der Waals surface area contributed by atoms with Crippen molar-refractivity contribution in [3.05, 3.63) is 53.6 Å². The van der Waals surface area contributed by atoms with Gasteiger partial charge in [0.05, 0.1) is 11.3 Å². The summed E-state index contributed by atoms with van der Waals surface area (Å²) in [5, 5.41) is 3.34. The van der Waals surface area contributed by atoms with Crippen molar-refractivity contribution in [2.75, 3.05) is 24.1 Å². The Morgan fingerprint density at radius 1 is 1.14 bits per heavy atom. The fourth-order valence-electron chi connectivity index (χ4n) is 2.82. The number of carbonyl (C=O) groups is 1. The number of likely N-dealkylation sites (tertiary alicyclic amines) is 1. The molecular weight excluding hydrogens is 274 g/mol. The lowest BCUT2D eigenvalue weighted by atomic mass is 10.1. The number of carbonyl (C=O) groups excluding carboxylic acids is 1. The fraction of sp³-hybridized carbons (Fsp3) is 0.278. The molecule has 1 amide bonds. The first kappa shape index (κ1) is 14.4. The Kier molecular flexibility index (Phi) is 4.00. The number of nitrogens with zero attached hydrogens (tertiary/aromatic N) is 1. The number of anilines is 3. The number of rotatable bonds is 3. The standard InChI is InChI=1S/C18H21N3O/c1-13-5-4-6-15(11-13)20-17-8-7-14(19)12-16(17)18(22)21-9-2-3-10-21/h4-8,11-12,20H,2-3,9-10,19H2,1H3. The lowest BCUT2D eigenvalue weighted by Crippen LogP contribution is -2.28. The Labute approximate surface area is 130 Å². The highest BCUT2D eigenvalue weighted by molar-refractivity contribution is 6.01. The van der Waals surface area contributed by atoms with Crippen LogP contribution >= 0.6 is 0 Å². The first-order valence-electron chi connectivity index (χ1n) is 7.66. The fourth-order valence-corrected chi connectivity index (χ4v) is 2.82. The molecule has 1 aliphatic heterocycles. The first-order chi connectivity index (χ1) is 10.6. The molecule has 114 valence electrons. The van der Waals surface area contributed by atoms with Gasteiger partial charge in [0.1, 0.15) is 0 Å². The van der Waals surface area contributed by atoms with E-state index < -0.39 is 0 Å². The van der Waals surface area contributed by atoms with Gasteiger partial charge in [0.25, 0.3) is 5.91 Å². The van der Waals surface area contributed by atoms with Gasteiger partial charge in [-0.25, -0.2) is 0 Å². The van der Waals surface area contributed by atoms with Gasteiger partial charge in [-0.15, -0.1) is 0 Å². The Hall–Kier alpha value is -2.49. The molecule has 3 rings (SSSR count). The first-order valence-corrected chi connectivity index (χ1v) is 7.66. The molecule has 0 unspecified atom stereocenters. The molecule has 0 bridgehead atoms. The highest BCUT2D eigenvalue weighted by Crippen LogP contribution is 2.26. The average Bonchev–Trinajstić information content (AvgIpc) is 3.03. The summed E-state index contributed by atoms with van der Waals surface area (Å²) in [6.45, 7) is 3.71.